The number of nitrogens with one attached hydrogen (secondary N) is 1. The van der Waals surface area contributed by atoms with E-state index in [0.717, 1.165) is 33.5 Å². The largest absolute Gasteiger partial charge is 0.340 e. The lowest BCUT2D eigenvalue weighted by Gasteiger charge is -2.16. The number of rotatable bonds is 7. The first-order valence-corrected chi connectivity index (χ1v) is 11.6. The van der Waals surface area contributed by atoms with Crippen LogP contribution in [0.5, 0.6) is 0 Å². The van der Waals surface area contributed by atoms with Gasteiger partial charge in [0.1, 0.15) is 11.6 Å². The van der Waals surface area contributed by atoms with E-state index < -0.39 is 0 Å². The van der Waals surface area contributed by atoms with Gasteiger partial charge in [-0.25, -0.2) is 9.37 Å². The molecule has 0 radical (unpaired) electrons. The van der Waals surface area contributed by atoms with Crippen LogP contribution in [0.15, 0.2) is 55.1 Å². The number of hydrogen-bond donors (Lipinski definition) is 1. The number of anilines is 1. The fraction of sp³-hybridized carbons (Fsp3) is 0.321. The monoisotopic (exact) mass is 452 g/mol. The lowest BCUT2D eigenvalue weighted by Crippen LogP contribution is -2.05. The molecule has 0 saturated carbocycles. The molecule has 3 rings (SSSR count). The number of aryl methyl sites for hydroxylation is 2. The predicted octanol–water partition coefficient (Wildman–Crippen LogP) is 9.14. The molecule has 2 aromatic carbocycles. The van der Waals surface area contributed by atoms with Gasteiger partial charge in [-0.2, -0.15) is 0 Å². The van der Waals surface area contributed by atoms with Gasteiger partial charge < -0.3 is 5.32 Å². The van der Waals surface area contributed by atoms with Crippen LogP contribution in [-0.2, 0) is 0 Å². The van der Waals surface area contributed by atoms with Crippen molar-refractivity contribution < 1.29 is 4.39 Å². The number of halogens is 2. The van der Waals surface area contributed by atoms with Crippen molar-refractivity contribution in [3.63, 3.8) is 0 Å². The van der Waals surface area contributed by atoms with E-state index in [4.69, 9.17) is 16.6 Å². The molecule has 3 aromatic rings. The van der Waals surface area contributed by atoms with E-state index >= 15 is 0 Å². The molecule has 4 heteroatoms. The van der Waals surface area contributed by atoms with Crippen molar-refractivity contribution >= 4 is 23.1 Å². The van der Waals surface area contributed by atoms with Crippen LogP contribution < -0.4 is 5.32 Å². The van der Waals surface area contributed by atoms with Crippen LogP contribution in [-0.4, -0.2) is 4.98 Å². The summed E-state index contributed by atoms with van der Waals surface area (Å²) >= 11 is 6.32. The quantitative estimate of drug-likeness (QED) is 0.361. The van der Waals surface area contributed by atoms with Gasteiger partial charge in [0, 0.05) is 21.8 Å². The Morgan fingerprint density at radius 3 is 2.25 bits per heavy atom. The second-order valence-electron chi connectivity index (χ2n) is 8.05. The first-order chi connectivity index (χ1) is 15.3. The maximum absolute atomic E-state index is 13.6. The Morgan fingerprint density at radius 2 is 1.62 bits per heavy atom. The molecule has 1 aromatic heterocycles. The molecule has 1 N–H and O–H groups in total. The summed E-state index contributed by atoms with van der Waals surface area (Å²) < 4.78 is 13.6. The number of pyridine rings is 1. The summed E-state index contributed by atoms with van der Waals surface area (Å²) in [6.45, 7) is 14.5. The van der Waals surface area contributed by atoms with Crippen LogP contribution in [0.3, 0.4) is 0 Å². The smallest absolute Gasteiger partial charge is 0.134 e. The van der Waals surface area contributed by atoms with Crippen LogP contribution in [0, 0.1) is 26.6 Å². The molecular formula is C28H34ClFN2. The Labute approximate surface area is 197 Å². The van der Waals surface area contributed by atoms with E-state index in [9.17, 15) is 4.39 Å². The molecule has 2 nitrogen and oxygen atoms in total. The van der Waals surface area contributed by atoms with Gasteiger partial charge in [-0.1, -0.05) is 82.0 Å². The second-order valence-corrected chi connectivity index (χ2v) is 8.45. The minimum absolute atomic E-state index is 0.292. The first kappa shape index (κ1) is 25.6. The second kappa shape index (κ2) is 12.4. The Morgan fingerprint density at radius 1 is 0.969 bits per heavy atom. The molecule has 0 fully saturated rings. The van der Waals surface area contributed by atoms with Gasteiger partial charge in [-0.3, -0.25) is 0 Å². The van der Waals surface area contributed by atoms with Crippen molar-refractivity contribution in [2.24, 2.45) is 0 Å². The van der Waals surface area contributed by atoms with Crippen LogP contribution >= 0.6 is 11.6 Å². The van der Waals surface area contributed by atoms with Crippen LogP contribution in [0.25, 0.3) is 17.0 Å². The van der Waals surface area contributed by atoms with Crippen molar-refractivity contribution in [2.75, 3.05) is 5.32 Å². The molecule has 0 aliphatic rings. The van der Waals surface area contributed by atoms with Crippen LogP contribution in [0.1, 0.15) is 61.8 Å². The minimum atomic E-state index is -0.292. The number of hydrogen-bond acceptors (Lipinski definition) is 2. The summed E-state index contributed by atoms with van der Waals surface area (Å²) in [5, 5.41) is 3.90. The fourth-order valence-corrected chi connectivity index (χ4v) is 3.53. The summed E-state index contributed by atoms with van der Waals surface area (Å²) in [7, 11) is 0. The van der Waals surface area contributed by atoms with E-state index in [0.29, 0.717) is 16.5 Å². The zero-order valence-corrected chi connectivity index (χ0v) is 20.6. The third kappa shape index (κ3) is 6.93. The van der Waals surface area contributed by atoms with Gasteiger partial charge >= 0.3 is 0 Å². The van der Waals surface area contributed by atoms with E-state index in [1.54, 1.807) is 6.07 Å². The van der Waals surface area contributed by atoms with Gasteiger partial charge in [0.15, 0.2) is 0 Å². The number of benzene rings is 2. The average Bonchev–Trinajstić information content (AvgIpc) is 2.77. The van der Waals surface area contributed by atoms with Gasteiger partial charge in [-0.15, -0.1) is 0 Å². The van der Waals surface area contributed by atoms with Gasteiger partial charge in [-0.05, 0) is 61.7 Å². The molecular weight excluding hydrogens is 419 g/mol. The summed E-state index contributed by atoms with van der Waals surface area (Å²) in [6.07, 6.45) is 5.54. The Bertz CT molecular complexity index is 1060. The highest BCUT2D eigenvalue weighted by Gasteiger charge is 2.12. The van der Waals surface area contributed by atoms with Crippen molar-refractivity contribution in [3.8, 4) is 11.3 Å². The summed E-state index contributed by atoms with van der Waals surface area (Å²) in [5.41, 5.74) is 6.02. The molecule has 170 valence electrons. The topological polar surface area (TPSA) is 24.9 Å². The molecule has 0 saturated heterocycles. The third-order valence-electron chi connectivity index (χ3n) is 5.43. The molecule has 32 heavy (non-hydrogen) atoms. The molecule has 0 atom stereocenters. The summed E-state index contributed by atoms with van der Waals surface area (Å²) in [6, 6.07) is 14.3. The highest BCUT2D eigenvalue weighted by Crippen LogP contribution is 2.31. The van der Waals surface area contributed by atoms with E-state index in [-0.39, 0.29) is 5.82 Å². The molecule has 0 spiro atoms. The molecule has 1 heterocycles. The zero-order chi connectivity index (χ0) is 23.7. The molecule has 0 amide bonds. The molecule has 0 aliphatic carbocycles. The molecule has 0 unspecified atom stereocenters. The number of nitrogens with zero attached hydrogens (tertiary/aromatic N) is 1. The molecule has 0 bridgehead atoms. The maximum Gasteiger partial charge on any atom is 0.134 e. The van der Waals surface area contributed by atoms with Crippen molar-refractivity contribution in [1.29, 1.82) is 0 Å². The SMILES string of the molecule is C=C(Nc1nc(-c2ccccc2Cl)cc(C)c1C)c1cc(F)ccc1C.CCCCCC. The lowest BCUT2D eigenvalue weighted by molar-refractivity contribution is 0.627. The summed E-state index contributed by atoms with van der Waals surface area (Å²) in [5.74, 6) is 0.396. The van der Waals surface area contributed by atoms with E-state index in [1.165, 1.54) is 37.8 Å². The van der Waals surface area contributed by atoms with Crippen molar-refractivity contribution in [3.05, 3.63) is 88.2 Å². The Kier molecular flexibility index (Phi) is 9.93. The van der Waals surface area contributed by atoms with Crippen molar-refractivity contribution in [2.45, 2.75) is 60.3 Å². The van der Waals surface area contributed by atoms with Gasteiger partial charge in [0.05, 0.1) is 5.69 Å². The average molecular weight is 453 g/mol. The predicted molar refractivity (Wildman–Crippen MR) is 138 cm³/mol. The summed E-state index contributed by atoms with van der Waals surface area (Å²) in [4.78, 5) is 4.73. The highest BCUT2D eigenvalue weighted by atomic mass is 35.5. The lowest BCUT2D eigenvalue weighted by atomic mass is 10.0. The maximum atomic E-state index is 13.6. The Hall–Kier alpha value is -2.65. The van der Waals surface area contributed by atoms with E-state index in [1.807, 2.05) is 51.1 Å². The zero-order valence-electron chi connectivity index (χ0n) is 19.9. The third-order valence-corrected chi connectivity index (χ3v) is 5.76. The number of unbranched alkanes of at least 4 members (excludes halogenated alkanes) is 3. The first-order valence-electron chi connectivity index (χ1n) is 11.2. The van der Waals surface area contributed by atoms with Crippen LogP contribution in [0.2, 0.25) is 5.02 Å². The number of aromatic nitrogens is 1. The minimum Gasteiger partial charge on any atom is -0.340 e. The standard InChI is InChI=1S/C22H20ClFN2.C6H14/c1-13-9-10-17(24)12-19(13)16(4)25-22-15(3)14(2)11-21(26-22)18-7-5-6-8-20(18)23;1-3-5-6-4-2/h5-12H,4H2,1-3H3,(H,25,26);3-6H2,1-2H3. The van der Waals surface area contributed by atoms with Crippen LogP contribution in [0.4, 0.5) is 10.2 Å². The van der Waals surface area contributed by atoms with Crippen molar-refractivity contribution in [1.82, 2.24) is 4.98 Å². The van der Waals surface area contributed by atoms with Gasteiger partial charge in [0.2, 0.25) is 0 Å². The van der Waals surface area contributed by atoms with Gasteiger partial charge in [0.25, 0.3) is 0 Å². The highest BCUT2D eigenvalue weighted by molar-refractivity contribution is 6.33. The normalized spacial score (nSPS) is 10.3. The fourth-order valence-electron chi connectivity index (χ4n) is 3.29. The Balaban J connectivity index is 0.000000534. The van der Waals surface area contributed by atoms with E-state index in [2.05, 4.69) is 25.7 Å². The molecule has 0 aliphatic heterocycles.